The van der Waals surface area contributed by atoms with Crippen molar-refractivity contribution in [2.45, 2.75) is 6.43 Å². The second-order valence-corrected chi connectivity index (χ2v) is 2.25. The Bertz CT molecular complexity index is 317. The quantitative estimate of drug-likeness (QED) is 0.776. The Morgan fingerprint density at radius 3 is 2.62 bits per heavy atom. The first-order chi connectivity index (χ1) is 6.06. The van der Waals surface area contributed by atoms with Crippen LogP contribution < -0.4 is 10.5 Å². The van der Waals surface area contributed by atoms with E-state index in [2.05, 4.69) is 9.72 Å². The number of halogens is 3. The molecule has 0 radical (unpaired) electrons. The molecule has 0 aliphatic carbocycles. The summed E-state index contributed by atoms with van der Waals surface area (Å²) in [6, 6.07) is 1.04. The second-order valence-electron chi connectivity index (χ2n) is 2.25. The molecule has 1 aromatic heterocycles. The minimum Gasteiger partial charge on any atom is -0.493 e. The molecule has 3 nitrogen and oxygen atoms in total. The van der Waals surface area contributed by atoms with Gasteiger partial charge < -0.3 is 10.5 Å². The van der Waals surface area contributed by atoms with Gasteiger partial charge in [-0.05, 0) is 0 Å². The number of anilines is 1. The number of nitrogens with two attached hydrogens (primary N) is 1. The van der Waals surface area contributed by atoms with E-state index in [0.717, 1.165) is 13.2 Å². The van der Waals surface area contributed by atoms with Crippen LogP contribution in [0.1, 0.15) is 12.1 Å². The lowest BCUT2D eigenvalue weighted by Gasteiger charge is -2.06. The van der Waals surface area contributed by atoms with Gasteiger partial charge in [0.1, 0.15) is 11.5 Å². The summed E-state index contributed by atoms with van der Waals surface area (Å²) in [6.45, 7) is 0. The van der Waals surface area contributed by atoms with Crippen LogP contribution in [0.5, 0.6) is 5.75 Å². The topological polar surface area (TPSA) is 48.1 Å². The third-order valence-electron chi connectivity index (χ3n) is 1.40. The summed E-state index contributed by atoms with van der Waals surface area (Å²) in [5.41, 5.74) is 4.16. The molecule has 72 valence electrons. The van der Waals surface area contributed by atoms with Crippen LogP contribution in [0.4, 0.5) is 19.0 Å². The lowest BCUT2D eigenvalue weighted by Crippen LogP contribution is -2.02. The van der Waals surface area contributed by atoms with E-state index < -0.39 is 17.9 Å². The van der Waals surface area contributed by atoms with E-state index in [-0.39, 0.29) is 11.6 Å². The molecular weight excluding hydrogens is 185 g/mol. The molecule has 6 heteroatoms. The van der Waals surface area contributed by atoms with Gasteiger partial charge >= 0.3 is 0 Å². The molecular formula is C7H7F3N2O. The SMILES string of the molecule is COc1cc(N)nc(C(F)F)c1F. The molecule has 0 spiro atoms. The van der Waals surface area contributed by atoms with Crippen molar-refractivity contribution in [3.05, 3.63) is 17.6 Å². The standard InChI is InChI=1S/C7H7F3N2O/c1-13-3-2-4(11)12-6(5(3)8)7(9)10/h2,7H,1H3,(H2,11,12). The average Bonchev–Trinajstić information content (AvgIpc) is 2.08. The molecule has 1 rings (SSSR count). The number of nitrogen functional groups attached to an aromatic ring is 1. The van der Waals surface area contributed by atoms with Gasteiger partial charge in [0.15, 0.2) is 11.6 Å². The van der Waals surface area contributed by atoms with E-state index in [1.165, 1.54) is 0 Å². The van der Waals surface area contributed by atoms with E-state index in [9.17, 15) is 13.2 Å². The summed E-state index contributed by atoms with van der Waals surface area (Å²) < 4.78 is 41.7. The molecule has 0 fully saturated rings. The molecule has 0 atom stereocenters. The van der Waals surface area contributed by atoms with Gasteiger partial charge in [-0.2, -0.15) is 0 Å². The molecule has 1 aromatic rings. The Kier molecular flexibility index (Phi) is 2.60. The molecule has 0 saturated carbocycles. The van der Waals surface area contributed by atoms with Crippen LogP contribution in [0.3, 0.4) is 0 Å². The minimum absolute atomic E-state index is 0.200. The van der Waals surface area contributed by atoms with Gasteiger partial charge in [0.25, 0.3) is 6.43 Å². The molecule has 0 saturated heterocycles. The van der Waals surface area contributed by atoms with Crippen LogP contribution >= 0.6 is 0 Å². The number of methoxy groups -OCH3 is 1. The molecule has 13 heavy (non-hydrogen) atoms. The molecule has 0 unspecified atom stereocenters. The smallest absolute Gasteiger partial charge is 0.283 e. The Balaban J connectivity index is 3.27. The van der Waals surface area contributed by atoms with Crippen molar-refractivity contribution in [2.24, 2.45) is 0 Å². The monoisotopic (exact) mass is 192 g/mol. The summed E-state index contributed by atoms with van der Waals surface area (Å²) >= 11 is 0. The van der Waals surface area contributed by atoms with Gasteiger partial charge in [0.2, 0.25) is 0 Å². The number of pyridine rings is 1. The van der Waals surface area contributed by atoms with Crippen molar-refractivity contribution in [2.75, 3.05) is 12.8 Å². The first-order valence-electron chi connectivity index (χ1n) is 3.34. The van der Waals surface area contributed by atoms with E-state index in [0.29, 0.717) is 0 Å². The van der Waals surface area contributed by atoms with Crippen LogP contribution in [0.25, 0.3) is 0 Å². The van der Waals surface area contributed by atoms with Gasteiger partial charge in [-0.25, -0.2) is 18.2 Å². The summed E-state index contributed by atoms with van der Waals surface area (Å²) in [4.78, 5) is 3.15. The second kappa shape index (κ2) is 3.51. The summed E-state index contributed by atoms with van der Waals surface area (Å²) in [7, 11) is 1.16. The lowest BCUT2D eigenvalue weighted by atomic mass is 10.3. The molecule has 0 aliphatic heterocycles. The maximum absolute atomic E-state index is 13.0. The lowest BCUT2D eigenvalue weighted by molar-refractivity contribution is 0.139. The fraction of sp³-hybridized carbons (Fsp3) is 0.286. The van der Waals surface area contributed by atoms with Gasteiger partial charge in [-0.1, -0.05) is 0 Å². The molecule has 2 N–H and O–H groups in total. The number of nitrogens with zero attached hydrogens (tertiary/aromatic N) is 1. The summed E-state index contributed by atoms with van der Waals surface area (Å²) in [5, 5.41) is 0. The van der Waals surface area contributed by atoms with Crippen LogP contribution in [0.15, 0.2) is 6.07 Å². The maximum atomic E-state index is 13.0. The zero-order valence-electron chi connectivity index (χ0n) is 6.72. The highest BCUT2D eigenvalue weighted by molar-refractivity contribution is 5.40. The van der Waals surface area contributed by atoms with Crippen molar-refractivity contribution >= 4 is 5.82 Å². The van der Waals surface area contributed by atoms with Gasteiger partial charge in [0.05, 0.1) is 7.11 Å². The Labute approximate surface area is 72.3 Å². The first-order valence-corrected chi connectivity index (χ1v) is 3.34. The zero-order valence-corrected chi connectivity index (χ0v) is 6.72. The third kappa shape index (κ3) is 1.82. The van der Waals surface area contributed by atoms with Crippen LogP contribution in [-0.4, -0.2) is 12.1 Å². The highest BCUT2D eigenvalue weighted by Gasteiger charge is 2.19. The zero-order chi connectivity index (χ0) is 10.0. The largest absolute Gasteiger partial charge is 0.493 e. The Morgan fingerprint density at radius 2 is 2.15 bits per heavy atom. The van der Waals surface area contributed by atoms with Gasteiger partial charge in [-0.3, -0.25) is 0 Å². The van der Waals surface area contributed by atoms with Crippen molar-refractivity contribution in [1.82, 2.24) is 4.98 Å². The number of alkyl halides is 2. The third-order valence-corrected chi connectivity index (χ3v) is 1.40. The van der Waals surface area contributed by atoms with Crippen LogP contribution in [0, 0.1) is 5.82 Å². The van der Waals surface area contributed by atoms with E-state index in [1.54, 1.807) is 0 Å². The Morgan fingerprint density at radius 1 is 1.54 bits per heavy atom. The van der Waals surface area contributed by atoms with Crippen molar-refractivity contribution in [3.8, 4) is 5.75 Å². The molecule has 0 aromatic carbocycles. The molecule has 0 bridgehead atoms. The van der Waals surface area contributed by atoms with E-state index >= 15 is 0 Å². The number of aromatic nitrogens is 1. The van der Waals surface area contributed by atoms with Crippen LogP contribution in [-0.2, 0) is 0 Å². The summed E-state index contributed by atoms with van der Waals surface area (Å²) in [6.07, 6.45) is -3.00. The summed E-state index contributed by atoms with van der Waals surface area (Å²) in [5.74, 6) is -1.71. The van der Waals surface area contributed by atoms with Gasteiger partial charge in [0, 0.05) is 6.07 Å². The maximum Gasteiger partial charge on any atom is 0.283 e. The van der Waals surface area contributed by atoms with Crippen molar-refractivity contribution in [1.29, 1.82) is 0 Å². The molecule has 0 amide bonds. The number of ether oxygens (including phenoxy) is 1. The minimum atomic E-state index is -3.00. The van der Waals surface area contributed by atoms with E-state index in [4.69, 9.17) is 5.73 Å². The molecule has 1 heterocycles. The fourth-order valence-corrected chi connectivity index (χ4v) is 0.837. The predicted octanol–water partition coefficient (Wildman–Crippen LogP) is 1.75. The van der Waals surface area contributed by atoms with Crippen molar-refractivity contribution in [3.63, 3.8) is 0 Å². The Hall–Kier alpha value is -1.46. The number of rotatable bonds is 2. The van der Waals surface area contributed by atoms with Crippen LogP contribution in [0.2, 0.25) is 0 Å². The molecule has 0 aliphatic rings. The van der Waals surface area contributed by atoms with Gasteiger partial charge in [-0.15, -0.1) is 0 Å². The highest BCUT2D eigenvalue weighted by atomic mass is 19.3. The predicted molar refractivity (Wildman–Crippen MR) is 40.1 cm³/mol. The first kappa shape index (κ1) is 9.63. The average molecular weight is 192 g/mol. The van der Waals surface area contributed by atoms with E-state index in [1.807, 2.05) is 0 Å². The normalized spacial score (nSPS) is 10.5. The fourth-order valence-electron chi connectivity index (χ4n) is 0.837. The van der Waals surface area contributed by atoms with Crippen molar-refractivity contribution < 1.29 is 17.9 Å². The number of hydrogen-bond donors (Lipinski definition) is 1. The number of hydrogen-bond acceptors (Lipinski definition) is 3. The highest BCUT2D eigenvalue weighted by Crippen LogP contribution is 2.27.